The van der Waals surface area contributed by atoms with E-state index in [2.05, 4.69) is 19.7 Å². The van der Waals surface area contributed by atoms with Crippen molar-refractivity contribution < 1.29 is 61.4 Å². The van der Waals surface area contributed by atoms with Gasteiger partial charge in [-0.25, -0.2) is 18.5 Å². The summed E-state index contributed by atoms with van der Waals surface area (Å²) in [5.74, 6) is 0. The zero-order chi connectivity index (χ0) is 24.5. The molecule has 32 heavy (non-hydrogen) atoms. The second kappa shape index (κ2) is 9.91. The summed E-state index contributed by atoms with van der Waals surface area (Å²) in [6.07, 6.45) is -6.92. The number of nitrogens with zero attached hydrogens (tertiary/aromatic N) is 1. The molecule has 3 unspecified atom stereocenters. The molecule has 1 aliphatic rings. The summed E-state index contributed by atoms with van der Waals surface area (Å²) in [5.41, 5.74) is -1.77. The summed E-state index contributed by atoms with van der Waals surface area (Å²) in [5, 5.41) is 20.5. The number of phosphoric acid groups is 3. The number of hydrogen-bond donors (Lipinski definition) is 7. The maximum atomic E-state index is 12.1. The van der Waals surface area contributed by atoms with E-state index in [9.17, 15) is 43.3 Å². The predicted molar refractivity (Wildman–Crippen MR) is 101 cm³/mol. The molecule has 0 aromatic carbocycles. The molecule has 0 aliphatic carbocycles. The molecule has 0 spiro atoms. The minimum absolute atomic E-state index is 0.384. The number of aromatic amines is 1. The molecule has 1 aromatic heterocycles. The molecule has 17 nitrogen and oxygen atoms in total. The van der Waals surface area contributed by atoms with E-state index in [1.165, 1.54) is 0 Å². The third-order valence-corrected chi connectivity index (χ3v) is 7.71. The lowest BCUT2D eigenvalue weighted by Gasteiger charge is -2.26. The Morgan fingerprint density at radius 3 is 2.28 bits per heavy atom. The highest BCUT2D eigenvalue weighted by Crippen LogP contribution is 2.66. The van der Waals surface area contributed by atoms with Gasteiger partial charge in [-0.3, -0.25) is 18.9 Å². The molecule has 20 heteroatoms. The van der Waals surface area contributed by atoms with Gasteiger partial charge in [-0.05, 0) is 6.42 Å². The molecule has 2 rings (SSSR count). The SMILES string of the molecule is C=CCC(OP(=O)(O)OP(=O)(O)OP(=O)(O)O)[C@H]1O[C@@H](n2ccc(=O)[nH]c2=O)[C@H](O)[C@@H]1O. The molecule has 1 aliphatic heterocycles. The first-order valence-corrected chi connectivity index (χ1v) is 12.8. The molecule has 0 amide bonds. The van der Waals surface area contributed by atoms with Gasteiger partial charge in [0.15, 0.2) is 6.23 Å². The van der Waals surface area contributed by atoms with Crippen LogP contribution >= 0.6 is 23.5 Å². The van der Waals surface area contributed by atoms with E-state index >= 15 is 0 Å². The zero-order valence-electron chi connectivity index (χ0n) is 15.7. The fourth-order valence-corrected chi connectivity index (χ4v) is 5.93. The van der Waals surface area contributed by atoms with Crippen LogP contribution in [0.25, 0.3) is 0 Å². The number of aliphatic hydroxyl groups excluding tert-OH is 2. The predicted octanol–water partition coefficient (Wildman–Crippen LogP) is -1.56. The molecule has 0 radical (unpaired) electrons. The Kier molecular flexibility index (Phi) is 8.35. The van der Waals surface area contributed by atoms with Gasteiger partial charge in [-0.15, -0.1) is 6.58 Å². The Labute approximate surface area is 177 Å². The number of rotatable bonds is 10. The number of aromatic nitrogens is 2. The van der Waals surface area contributed by atoms with Gasteiger partial charge in [0.05, 0.1) is 0 Å². The van der Waals surface area contributed by atoms with Gasteiger partial charge in [0.2, 0.25) is 0 Å². The molecular weight excluding hydrogens is 505 g/mol. The van der Waals surface area contributed by atoms with Crippen LogP contribution < -0.4 is 11.2 Å². The van der Waals surface area contributed by atoms with E-state index in [0.717, 1.165) is 18.3 Å². The van der Waals surface area contributed by atoms with E-state index in [1.807, 2.05) is 4.98 Å². The molecule has 7 atom stereocenters. The van der Waals surface area contributed by atoms with Crippen LogP contribution in [0.1, 0.15) is 12.6 Å². The number of H-pyrrole nitrogens is 1. The van der Waals surface area contributed by atoms with E-state index in [1.54, 1.807) is 0 Å². The largest absolute Gasteiger partial charge is 0.490 e. The second-order valence-corrected chi connectivity index (χ2v) is 10.6. The zero-order valence-corrected chi connectivity index (χ0v) is 18.4. The van der Waals surface area contributed by atoms with E-state index in [0.29, 0.717) is 4.57 Å². The lowest BCUT2D eigenvalue weighted by molar-refractivity contribution is -0.0822. The number of hydrogen-bond acceptors (Lipinski definition) is 11. The summed E-state index contributed by atoms with van der Waals surface area (Å²) in [7, 11) is -17.0. The molecule has 1 aromatic rings. The number of nitrogens with one attached hydrogen (secondary N) is 1. The topological polar surface area (TPSA) is 264 Å². The summed E-state index contributed by atoms with van der Waals surface area (Å²) < 4.78 is 52.2. The van der Waals surface area contributed by atoms with Crippen LogP contribution in [0.15, 0.2) is 34.5 Å². The molecule has 1 fully saturated rings. The summed E-state index contributed by atoms with van der Waals surface area (Å²) in [4.78, 5) is 61.1. The molecule has 7 N–H and O–H groups in total. The molecule has 0 bridgehead atoms. The average Bonchev–Trinajstić information content (AvgIpc) is 2.86. The average molecular weight is 524 g/mol. The number of ether oxygens (including phenoxy) is 1. The van der Waals surface area contributed by atoms with Crippen molar-refractivity contribution >= 4 is 23.5 Å². The maximum Gasteiger partial charge on any atom is 0.490 e. The fraction of sp³-hybridized carbons (Fsp3) is 0.500. The van der Waals surface area contributed by atoms with Crippen molar-refractivity contribution in [1.29, 1.82) is 0 Å². The van der Waals surface area contributed by atoms with Crippen molar-refractivity contribution in [2.75, 3.05) is 0 Å². The minimum Gasteiger partial charge on any atom is -0.387 e. The first-order chi connectivity index (χ1) is 14.6. The summed E-state index contributed by atoms with van der Waals surface area (Å²) in [6, 6.07) is 0.921. The molecule has 182 valence electrons. The fourth-order valence-electron chi connectivity index (χ4n) is 2.72. The van der Waals surface area contributed by atoms with E-state index in [4.69, 9.17) is 14.5 Å². The summed E-state index contributed by atoms with van der Waals surface area (Å²) >= 11 is 0. The normalized spacial score (nSPS) is 28.6. The third-order valence-electron chi connectivity index (χ3n) is 3.85. The smallest absolute Gasteiger partial charge is 0.387 e. The van der Waals surface area contributed by atoms with Gasteiger partial charge in [-0.2, -0.15) is 8.62 Å². The molecule has 1 saturated heterocycles. The van der Waals surface area contributed by atoms with Crippen molar-refractivity contribution in [3.63, 3.8) is 0 Å². The van der Waals surface area contributed by atoms with Crippen LogP contribution in [0.2, 0.25) is 0 Å². The standard InChI is InChI=1S/C12H19N2O15P3/c1-2-3-6(27-31(22,23)29-32(24,25)28-30(19,20)21)10-8(16)9(17)11(26-10)14-5-4-7(15)13-12(14)18/h2,4-6,8-11,16-17H,1,3H2,(H,22,23)(H,24,25)(H,13,15,18)(H2,19,20,21)/t6?,8-,9+,10+,11+/m0/s1. The van der Waals surface area contributed by atoms with Crippen LogP contribution in [-0.4, -0.2) is 63.8 Å². The first kappa shape index (κ1) is 27.0. The van der Waals surface area contributed by atoms with Gasteiger partial charge in [0, 0.05) is 12.3 Å². The quantitative estimate of drug-likeness (QED) is 0.135. The van der Waals surface area contributed by atoms with E-state index in [-0.39, 0.29) is 6.42 Å². The Morgan fingerprint density at radius 1 is 1.12 bits per heavy atom. The molecule has 0 saturated carbocycles. The lowest BCUT2D eigenvalue weighted by Crippen LogP contribution is -2.40. The highest BCUT2D eigenvalue weighted by atomic mass is 31.3. The lowest BCUT2D eigenvalue weighted by atomic mass is 10.0. The van der Waals surface area contributed by atoms with Crippen molar-refractivity contribution in [3.8, 4) is 0 Å². The highest BCUT2D eigenvalue weighted by Gasteiger charge is 2.50. The maximum absolute atomic E-state index is 12.1. The Hall–Kier alpha value is -1.29. The van der Waals surface area contributed by atoms with Gasteiger partial charge in [-0.1, -0.05) is 6.08 Å². The van der Waals surface area contributed by atoms with Crippen LogP contribution in [0, 0.1) is 0 Å². The van der Waals surface area contributed by atoms with Crippen molar-refractivity contribution in [3.05, 3.63) is 45.8 Å². The van der Waals surface area contributed by atoms with Gasteiger partial charge in [0.25, 0.3) is 5.56 Å². The minimum atomic E-state index is -5.80. The first-order valence-electron chi connectivity index (χ1n) is 8.31. The van der Waals surface area contributed by atoms with Crippen LogP contribution in [0.3, 0.4) is 0 Å². The van der Waals surface area contributed by atoms with Crippen molar-refractivity contribution in [2.24, 2.45) is 0 Å². The third kappa shape index (κ3) is 7.10. The molecule has 2 heterocycles. The van der Waals surface area contributed by atoms with Crippen molar-refractivity contribution in [1.82, 2.24) is 9.55 Å². The van der Waals surface area contributed by atoms with Crippen molar-refractivity contribution in [2.45, 2.75) is 37.1 Å². The number of phosphoric ester groups is 1. The Balaban J connectivity index is 2.25. The Bertz CT molecular complexity index is 1090. The van der Waals surface area contributed by atoms with Crippen LogP contribution in [0.5, 0.6) is 0 Å². The van der Waals surface area contributed by atoms with E-state index < -0.39 is 65.4 Å². The number of aliphatic hydroxyl groups is 2. The molecular formula is C12H19N2O15P3. The van der Waals surface area contributed by atoms with Gasteiger partial charge >= 0.3 is 29.2 Å². The van der Waals surface area contributed by atoms with Crippen LogP contribution in [0.4, 0.5) is 0 Å². The van der Waals surface area contributed by atoms with Gasteiger partial charge < -0.3 is 34.5 Å². The highest BCUT2D eigenvalue weighted by molar-refractivity contribution is 7.66. The van der Waals surface area contributed by atoms with Gasteiger partial charge in [0.1, 0.15) is 24.4 Å². The van der Waals surface area contributed by atoms with Crippen LogP contribution in [-0.2, 0) is 31.6 Å². The summed E-state index contributed by atoms with van der Waals surface area (Å²) in [6.45, 7) is 3.35. The monoisotopic (exact) mass is 524 g/mol. The Morgan fingerprint density at radius 2 is 1.75 bits per heavy atom. The second-order valence-electron chi connectivity index (χ2n) is 6.25.